The van der Waals surface area contributed by atoms with Crippen molar-refractivity contribution in [1.29, 1.82) is 0 Å². The monoisotopic (exact) mass is 425 g/mol. The van der Waals surface area contributed by atoms with Gasteiger partial charge in [0.05, 0.1) is 44.0 Å². The van der Waals surface area contributed by atoms with Crippen molar-refractivity contribution in [3.63, 3.8) is 0 Å². The van der Waals surface area contributed by atoms with E-state index in [1.807, 2.05) is 24.3 Å². The minimum absolute atomic E-state index is 0.102. The molecule has 1 aromatic rings. The van der Waals surface area contributed by atoms with Crippen LogP contribution in [0.1, 0.15) is 12.5 Å². The molecule has 0 aliphatic carbocycles. The first-order valence-corrected chi connectivity index (χ1v) is 9.92. The van der Waals surface area contributed by atoms with Gasteiger partial charge >= 0.3 is 6.18 Å². The standard InChI is InChI=1S/C21H26F3N3O3/c1-15(19-7-6-18(13-25-19)30-14-21(22,23)24)26-20(28)12-16-2-4-17(5-3-16)27-8-10-29-11-9-27/h2-7,15,18H,8-14H2,1H3,(H,26,28)/t15-,18?/m1/s1. The third kappa shape index (κ3) is 6.84. The summed E-state index contributed by atoms with van der Waals surface area (Å²) in [6, 6.07) is 7.55. The Morgan fingerprint density at radius 2 is 2.00 bits per heavy atom. The van der Waals surface area contributed by atoms with Gasteiger partial charge in [-0.1, -0.05) is 18.2 Å². The van der Waals surface area contributed by atoms with Gasteiger partial charge in [0.15, 0.2) is 0 Å². The number of carbonyl (C=O) groups excluding carboxylic acids is 1. The molecule has 2 aliphatic rings. The lowest BCUT2D eigenvalue weighted by molar-refractivity contribution is -0.179. The van der Waals surface area contributed by atoms with Crippen LogP contribution in [0, 0.1) is 0 Å². The third-order valence-electron chi connectivity index (χ3n) is 4.89. The number of hydrogen-bond donors (Lipinski definition) is 1. The molecule has 30 heavy (non-hydrogen) atoms. The molecule has 2 atom stereocenters. The van der Waals surface area contributed by atoms with Gasteiger partial charge in [-0.3, -0.25) is 9.79 Å². The van der Waals surface area contributed by atoms with E-state index in [0.717, 1.165) is 37.6 Å². The van der Waals surface area contributed by atoms with Gasteiger partial charge in [-0.2, -0.15) is 13.2 Å². The second kappa shape index (κ2) is 10.1. The molecule has 1 aromatic carbocycles. The molecule has 0 saturated carbocycles. The van der Waals surface area contributed by atoms with E-state index in [1.54, 1.807) is 19.1 Å². The molecule has 6 nitrogen and oxygen atoms in total. The number of nitrogens with zero attached hydrogens (tertiary/aromatic N) is 2. The molecule has 2 aliphatic heterocycles. The van der Waals surface area contributed by atoms with Crippen LogP contribution in [0.2, 0.25) is 0 Å². The lowest BCUT2D eigenvalue weighted by atomic mass is 10.1. The highest BCUT2D eigenvalue weighted by atomic mass is 19.4. The van der Waals surface area contributed by atoms with E-state index in [9.17, 15) is 18.0 Å². The Labute approximate surface area is 173 Å². The summed E-state index contributed by atoms with van der Waals surface area (Å²) in [6.45, 7) is 3.74. The maximum Gasteiger partial charge on any atom is 0.411 e. The number of alkyl halides is 3. The maximum atomic E-state index is 12.4. The molecule has 3 rings (SSSR count). The zero-order valence-corrected chi connectivity index (χ0v) is 16.8. The molecule has 0 aromatic heterocycles. The molecular weight excluding hydrogens is 399 g/mol. The number of halogens is 3. The summed E-state index contributed by atoms with van der Waals surface area (Å²) in [5, 5.41) is 2.88. The van der Waals surface area contributed by atoms with E-state index in [0.29, 0.717) is 5.71 Å². The van der Waals surface area contributed by atoms with Gasteiger partial charge in [-0.15, -0.1) is 0 Å². The molecule has 1 amide bonds. The maximum absolute atomic E-state index is 12.4. The highest BCUT2D eigenvalue weighted by molar-refractivity contribution is 6.01. The first-order valence-electron chi connectivity index (χ1n) is 9.92. The van der Waals surface area contributed by atoms with Crippen LogP contribution >= 0.6 is 0 Å². The fraction of sp³-hybridized carbons (Fsp3) is 0.524. The van der Waals surface area contributed by atoms with Crippen LogP contribution < -0.4 is 10.2 Å². The van der Waals surface area contributed by atoms with Crippen molar-refractivity contribution >= 4 is 17.3 Å². The smallest absolute Gasteiger partial charge is 0.378 e. The summed E-state index contributed by atoms with van der Waals surface area (Å²) in [5.41, 5.74) is 2.62. The van der Waals surface area contributed by atoms with Crippen molar-refractivity contribution in [1.82, 2.24) is 5.32 Å². The zero-order chi connectivity index (χ0) is 21.6. The Hall–Kier alpha value is -2.39. The molecule has 1 saturated heterocycles. The third-order valence-corrected chi connectivity index (χ3v) is 4.89. The first kappa shape index (κ1) is 22.3. The largest absolute Gasteiger partial charge is 0.411 e. The van der Waals surface area contributed by atoms with Gasteiger partial charge in [-0.05, 0) is 30.7 Å². The number of dihydropyridines is 1. The van der Waals surface area contributed by atoms with Crippen molar-refractivity contribution in [2.75, 3.05) is 44.4 Å². The summed E-state index contributed by atoms with van der Waals surface area (Å²) in [6.07, 6.45) is -1.68. The summed E-state index contributed by atoms with van der Waals surface area (Å²) >= 11 is 0. The van der Waals surface area contributed by atoms with Gasteiger partial charge in [0.25, 0.3) is 0 Å². The predicted molar refractivity (Wildman–Crippen MR) is 108 cm³/mol. The fourth-order valence-corrected chi connectivity index (χ4v) is 3.30. The van der Waals surface area contributed by atoms with Crippen molar-refractivity contribution in [3.8, 4) is 0 Å². The molecule has 0 radical (unpaired) electrons. The van der Waals surface area contributed by atoms with Crippen LogP contribution in [0.5, 0.6) is 0 Å². The highest BCUT2D eigenvalue weighted by Gasteiger charge is 2.29. The van der Waals surface area contributed by atoms with Gasteiger partial charge in [0, 0.05) is 18.8 Å². The first-order chi connectivity index (χ1) is 14.3. The number of hydrogen-bond acceptors (Lipinski definition) is 5. The molecule has 1 N–H and O–H groups in total. The van der Waals surface area contributed by atoms with Crippen LogP contribution in [0.3, 0.4) is 0 Å². The van der Waals surface area contributed by atoms with Gasteiger partial charge in [-0.25, -0.2) is 0 Å². The number of carbonyl (C=O) groups is 1. The van der Waals surface area contributed by atoms with Gasteiger partial charge in [0.1, 0.15) is 6.61 Å². The summed E-state index contributed by atoms with van der Waals surface area (Å²) < 4.78 is 46.8. The molecule has 9 heteroatoms. The van der Waals surface area contributed by atoms with Crippen molar-refractivity contribution in [2.24, 2.45) is 4.99 Å². The molecule has 1 unspecified atom stereocenters. The lowest BCUT2D eigenvalue weighted by Crippen LogP contribution is -2.40. The number of aliphatic imine (C=N–C) groups is 1. The Kier molecular flexibility index (Phi) is 7.49. The number of ether oxygens (including phenoxy) is 2. The number of benzene rings is 1. The van der Waals surface area contributed by atoms with E-state index in [2.05, 4.69) is 15.2 Å². The Morgan fingerprint density at radius 1 is 1.30 bits per heavy atom. The molecule has 0 spiro atoms. The number of amides is 1. The fourth-order valence-electron chi connectivity index (χ4n) is 3.30. The summed E-state index contributed by atoms with van der Waals surface area (Å²) in [7, 11) is 0. The van der Waals surface area contributed by atoms with Crippen molar-refractivity contribution < 1.29 is 27.4 Å². The highest BCUT2D eigenvalue weighted by Crippen LogP contribution is 2.18. The Balaban J connectivity index is 1.44. The van der Waals surface area contributed by atoms with Crippen molar-refractivity contribution in [2.45, 2.75) is 31.7 Å². The second-order valence-electron chi connectivity index (χ2n) is 7.32. The summed E-state index contributed by atoms with van der Waals surface area (Å²) in [4.78, 5) is 18.8. The zero-order valence-electron chi connectivity index (χ0n) is 16.8. The summed E-state index contributed by atoms with van der Waals surface area (Å²) in [5.74, 6) is -0.145. The molecule has 164 valence electrons. The van der Waals surface area contributed by atoms with Crippen molar-refractivity contribution in [3.05, 3.63) is 42.0 Å². The minimum Gasteiger partial charge on any atom is -0.378 e. The Bertz CT molecular complexity index is 772. The lowest BCUT2D eigenvalue weighted by Gasteiger charge is -2.28. The molecular formula is C21H26F3N3O3. The molecule has 1 fully saturated rings. The quantitative estimate of drug-likeness (QED) is 0.729. The second-order valence-corrected chi connectivity index (χ2v) is 7.32. The van der Waals surface area contributed by atoms with E-state index in [-0.39, 0.29) is 24.9 Å². The topological polar surface area (TPSA) is 63.2 Å². The van der Waals surface area contributed by atoms with Crippen LogP contribution in [-0.4, -0.2) is 69.4 Å². The predicted octanol–water partition coefficient (Wildman–Crippen LogP) is 2.53. The number of nitrogens with one attached hydrogen (secondary N) is 1. The van der Waals surface area contributed by atoms with Gasteiger partial charge < -0.3 is 19.7 Å². The molecule has 2 heterocycles. The number of rotatable bonds is 7. The minimum atomic E-state index is -4.36. The van der Waals surface area contributed by atoms with Gasteiger partial charge in [0.2, 0.25) is 5.91 Å². The Morgan fingerprint density at radius 3 is 2.60 bits per heavy atom. The normalized spacial score (nSPS) is 20.6. The number of morpholine rings is 1. The van der Waals surface area contributed by atoms with Crippen LogP contribution in [0.25, 0.3) is 0 Å². The molecule has 0 bridgehead atoms. The van der Waals surface area contributed by atoms with E-state index in [1.165, 1.54) is 0 Å². The van der Waals surface area contributed by atoms with E-state index >= 15 is 0 Å². The van der Waals surface area contributed by atoms with Crippen LogP contribution in [-0.2, 0) is 20.7 Å². The van der Waals surface area contributed by atoms with Crippen LogP contribution in [0.15, 0.2) is 41.4 Å². The SMILES string of the molecule is C[C@@H](NC(=O)Cc1ccc(N2CCOCC2)cc1)C1=NCC(OCC(F)(F)F)C=C1. The average molecular weight is 425 g/mol. The average Bonchev–Trinajstić information content (AvgIpc) is 2.73. The number of anilines is 1. The van der Waals surface area contributed by atoms with E-state index < -0.39 is 18.9 Å². The van der Waals surface area contributed by atoms with E-state index in [4.69, 9.17) is 9.47 Å². The van der Waals surface area contributed by atoms with Crippen LogP contribution in [0.4, 0.5) is 18.9 Å².